The third-order valence-electron chi connectivity index (χ3n) is 8.93. The van der Waals surface area contributed by atoms with E-state index in [0.717, 1.165) is 25.8 Å². The van der Waals surface area contributed by atoms with Gasteiger partial charge in [-0.1, -0.05) is 18.2 Å². The smallest absolute Gasteiger partial charge is 0.165 e. The minimum absolute atomic E-state index is 0.0832. The first-order valence-electron chi connectivity index (χ1n) is 10.4. The van der Waals surface area contributed by atoms with Gasteiger partial charge in [-0.25, -0.2) is 0 Å². The average molecular weight is 383 g/mol. The number of fused-ring (bicyclic) bond motifs is 1. The fourth-order valence-corrected chi connectivity index (χ4v) is 7.86. The summed E-state index contributed by atoms with van der Waals surface area (Å²) < 4.78 is 12.9. The Morgan fingerprint density at radius 2 is 2.07 bits per heavy atom. The molecule has 1 unspecified atom stereocenters. The van der Waals surface area contributed by atoms with Gasteiger partial charge in [-0.3, -0.25) is 0 Å². The minimum atomic E-state index is -0.900. The number of aromatic hydroxyl groups is 1. The molecular formula is C23H29NO4. The molecule has 6 aliphatic rings. The summed E-state index contributed by atoms with van der Waals surface area (Å²) >= 11 is 0. The molecule has 150 valence electrons. The molecule has 2 heterocycles. The SMILES string of the molecule is CO[C@]12C=C[C@@]3(CC1C(C)(C)O)[C@H]1Cc4ccc(O)c5c4[C@@]3(CCN1C)[C@H]2O5. The number of hydrogen-bond donors (Lipinski definition) is 2. The second-order valence-electron chi connectivity index (χ2n) is 10.2. The van der Waals surface area contributed by atoms with Gasteiger partial charge < -0.3 is 24.6 Å². The lowest BCUT2D eigenvalue weighted by Crippen LogP contribution is -2.80. The van der Waals surface area contributed by atoms with E-state index in [4.69, 9.17) is 9.47 Å². The van der Waals surface area contributed by atoms with E-state index in [-0.39, 0.29) is 28.6 Å². The maximum atomic E-state index is 11.2. The van der Waals surface area contributed by atoms with Crippen molar-refractivity contribution in [3.63, 3.8) is 0 Å². The van der Waals surface area contributed by atoms with E-state index in [1.54, 1.807) is 13.2 Å². The number of likely N-dealkylation sites (N-methyl/N-ethyl adjacent to an activating group) is 1. The van der Waals surface area contributed by atoms with Crippen LogP contribution in [0.5, 0.6) is 11.5 Å². The Hall–Kier alpha value is -1.56. The summed E-state index contributed by atoms with van der Waals surface area (Å²) in [4.78, 5) is 2.49. The zero-order valence-corrected chi connectivity index (χ0v) is 17.0. The number of likely N-dealkylation sites (tertiary alicyclic amines) is 1. The monoisotopic (exact) mass is 383 g/mol. The largest absolute Gasteiger partial charge is 0.504 e. The molecule has 1 aromatic carbocycles. The van der Waals surface area contributed by atoms with Gasteiger partial charge in [0.25, 0.3) is 0 Å². The number of nitrogens with zero attached hydrogens (tertiary/aromatic N) is 1. The molecule has 5 heteroatoms. The standard InChI is InChI=1S/C23H29NO4/c1-20(2,26)15-12-21-7-8-23(15,27-4)19-22(21)9-10-24(3)16(21)11-13-5-6-14(25)18(28-19)17(13)22/h5-8,15-16,19,25-26H,9-12H2,1-4H3/t15?,16-,19-,21-,22+,23-/m1/s1. The molecule has 0 radical (unpaired) electrons. The Morgan fingerprint density at radius 3 is 2.79 bits per heavy atom. The number of methoxy groups -OCH3 is 1. The van der Waals surface area contributed by atoms with Gasteiger partial charge in [0.05, 0.1) is 11.0 Å². The lowest BCUT2D eigenvalue weighted by molar-refractivity contribution is -0.243. The van der Waals surface area contributed by atoms with E-state index in [1.807, 2.05) is 13.8 Å². The van der Waals surface area contributed by atoms with Gasteiger partial charge in [0.2, 0.25) is 0 Å². The van der Waals surface area contributed by atoms with Crippen molar-refractivity contribution >= 4 is 0 Å². The second-order valence-corrected chi connectivity index (χ2v) is 10.2. The fraction of sp³-hybridized carbons (Fsp3) is 0.652. The number of phenols is 1. The van der Waals surface area contributed by atoms with Crippen molar-refractivity contribution in [3.8, 4) is 11.5 Å². The average Bonchev–Trinajstić information content (AvgIpc) is 3.03. The molecule has 4 aliphatic carbocycles. The van der Waals surface area contributed by atoms with Crippen LogP contribution in [-0.2, 0) is 16.6 Å². The van der Waals surface area contributed by atoms with Crippen LogP contribution in [0.25, 0.3) is 0 Å². The molecule has 2 aliphatic heterocycles. The maximum Gasteiger partial charge on any atom is 0.165 e. The van der Waals surface area contributed by atoms with Gasteiger partial charge >= 0.3 is 0 Å². The van der Waals surface area contributed by atoms with Gasteiger partial charge in [-0.05, 0) is 58.3 Å². The van der Waals surface area contributed by atoms with Crippen LogP contribution in [0.2, 0.25) is 0 Å². The Balaban J connectivity index is 1.71. The van der Waals surface area contributed by atoms with E-state index < -0.39 is 11.2 Å². The topological polar surface area (TPSA) is 62.2 Å². The van der Waals surface area contributed by atoms with Gasteiger partial charge in [0.15, 0.2) is 11.5 Å². The van der Waals surface area contributed by atoms with Crippen molar-refractivity contribution in [2.75, 3.05) is 20.7 Å². The molecule has 4 bridgehead atoms. The molecule has 0 amide bonds. The predicted molar refractivity (Wildman–Crippen MR) is 105 cm³/mol. The molecule has 5 nitrogen and oxygen atoms in total. The Morgan fingerprint density at radius 1 is 1.29 bits per heavy atom. The lowest BCUT2D eigenvalue weighted by Gasteiger charge is -2.72. The van der Waals surface area contributed by atoms with Gasteiger partial charge in [-0.2, -0.15) is 0 Å². The maximum absolute atomic E-state index is 11.2. The van der Waals surface area contributed by atoms with Crippen LogP contribution in [0.15, 0.2) is 24.3 Å². The number of ether oxygens (including phenoxy) is 2. The first kappa shape index (κ1) is 17.3. The quantitative estimate of drug-likeness (QED) is 0.768. The van der Waals surface area contributed by atoms with Crippen molar-refractivity contribution in [2.45, 2.75) is 61.9 Å². The van der Waals surface area contributed by atoms with E-state index in [0.29, 0.717) is 11.8 Å². The van der Waals surface area contributed by atoms with E-state index in [9.17, 15) is 10.2 Å². The summed E-state index contributed by atoms with van der Waals surface area (Å²) in [6.45, 7) is 4.79. The predicted octanol–water partition coefficient (Wildman–Crippen LogP) is 2.38. The highest BCUT2D eigenvalue weighted by Gasteiger charge is 2.80. The molecule has 7 rings (SSSR count). The molecule has 2 N–H and O–H groups in total. The van der Waals surface area contributed by atoms with Crippen molar-refractivity contribution < 1.29 is 19.7 Å². The van der Waals surface area contributed by atoms with Crippen molar-refractivity contribution in [1.29, 1.82) is 0 Å². The molecule has 0 aromatic heterocycles. The normalized spacial score (nSPS) is 45.1. The lowest BCUT2D eigenvalue weighted by atomic mass is 9.36. The molecular weight excluding hydrogens is 354 g/mol. The molecule has 28 heavy (non-hydrogen) atoms. The van der Waals surface area contributed by atoms with Crippen LogP contribution in [-0.4, -0.2) is 59.2 Å². The molecule has 2 fully saturated rings. The number of aliphatic hydroxyl groups is 1. The number of phenolic OH excluding ortho intramolecular Hbond substituents is 1. The molecule has 1 saturated carbocycles. The van der Waals surface area contributed by atoms with E-state index >= 15 is 0 Å². The number of hydrogen-bond acceptors (Lipinski definition) is 5. The van der Waals surface area contributed by atoms with Crippen LogP contribution in [0, 0.1) is 11.3 Å². The Bertz CT molecular complexity index is 920. The van der Waals surface area contributed by atoms with Crippen molar-refractivity contribution in [1.82, 2.24) is 4.90 Å². The zero-order valence-electron chi connectivity index (χ0n) is 17.0. The number of benzene rings is 1. The van der Waals surface area contributed by atoms with Crippen LogP contribution in [0.4, 0.5) is 0 Å². The minimum Gasteiger partial charge on any atom is -0.504 e. The Kier molecular flexibility index (Phi) is 2.95. The summed E-state index contributed by atoms with van der Waals surface area (Å²) in [5.74, 6) is 0.789. The first-order valence-corrected chi connectivity index (χ1v) is 10.4. The first-order chi connectivity index (χ1) is 13.2. The van der Waals surface area contributed by atoms with Crippen molar-refractivity contribution in [3.05, 3.63) is 35.4 Å². The number of piperidine rings is 1. The van der Waals surface area contributed by atoms with Crippen LogP contribution < -0.4 is 4.74 Å². The van der Waals surface area contributed by atoms with Crippen molar-refractivity contribution in [2.24, 2.45) is 11.3 Å². The van der Waals surface area contributed by atoms with Gasteiger partial charge in [0, 0.05) is 30.0 Å². The Labute approximate surface area is 165 Å². The van der Waals surface area contributed by atoms with E-state index in [1.165, 1.54) is 11.1 Å². The van der Waals surface area contributed by atoms with Gasteiger partial charge in [0.1, 0.15) is 11.7 Å². The third kappa shape index (κ3) is 1.54. The molecule has 1 aromatic rings. The highest BCUT2D eigenvalue weighted by molar-refractivity contribution is 5.65. The molecule has 6 atom stereocenters. The number of rotatable bonds is 2. The molecule has 2 spiro atoms. The zero-order chi connectivity index (χ0) is 19.7. The second kappa shape index (κ2) is 4.77. The molecule has 1 saturated heterocycles. The van der Waals surface area contributed by atoms with Crippen LogP contribution >= 0.6 is 0 Å². The van der Waals surface area contributed by atoms with Gasteiger partial charge in [-0.15, -0.1) is 0 Å². The summed E-state index contributed by atoms with van der Waals surface area (Å²) in [6.07, 6.45) is 7.12. The third-order valence-corrected chi connectivity index (χ3v) is 8.93. The van der Waals surface area contributed by atoms with Crippen LogP contribution in [0.3, 0.4) is 0 Å². The highest BCUT2D eigenvalue weighted by atomic mass is 16.6. The van der Waals surface area contributed by atoms with Crippen LogP contribution in [0.1, 0.15) is 37.8 Å². The van der Waals surface area contributed by atoms with E-state index in [2.05, 4.69) is 30.2 Å². The summed E-state index contributed by atoms with van der Waals surface area (Å²) in [5.41, 5.74) is 0.565. The fourth-order valence-electron chi connectivity index (χ4n) is 7.86. The highest BCUT2D eigenvalue weighted by Crippen LogP contribution is 2.75. The summed E-state index contributed by atoms with van der Waals surface area (Å²) in [6, 6.07) is 4.21. The summed E-state index contributed by atoms with van der Waals surface area (Å²) in [5, 5.41) is 21.9. The summed E-state index contributed by atoms with van der Waals surface area (Å²) in [7, 11) is 3.96.